The Hall–Kier alpha value is -0.810. The van der Waals surface area contributed by atoms with E-state index in [-0.39, 0.29) is 11.9 Å². The van der Waals surface area contributed by atoms with E-state index in [2.05, 4.69) is 40.4 Å². The van der Waals surface area contributed by atoms with Gasteiger partial charge in [-0.3, -0.25) is 4.79 Å². The van der Waals surface area contributed by atoms with Crippen LogP contribution in [0.4, 0.5) is 0 Å². The highest BCUT2D eigenvalue weighted by atomic mass is 79.9. The molecule has 20 heavy (non-hydrogen) atoms. The Bertz CT molecular complexity index is 450. The van der Waals surface area contributed by atoms with Gasteiger partial charge in [0.25, 0.3) is 5.91 Å². The topological polar surface area (TPSA) is 46.1 Å². The third kappa shape index (κ3) is 4.09. The first-order valence-corrected chi connectivity index (χ1v) is 8.23. The second-order valence-electron chi connectivity index (χ2n) is 5.80. The van der Waals surface area contributed by atoms with Gasteiger partial charge in [0.2, 0.25) is 0 Å². The maximum Gasteiger partial charge on any atom is 0.267 e. The Labute approximate surface area is 129 Å². The summed E-state index contributed by atoms with van der Waals surface area (Å²) >= 11 is 3.44. The lowest BCUT2D eigenvalue weighted by Crippen LogP contribution is -2.33. The molecule has 1 saturated heterocycles. The fraction of sp³-hybridized carbons (Fsp3) is 0.667. The zero-order valence-corrected chi connectivity index (χ0v) is 13.9. The van der Waals surface area contributed by atoms with Crippen LogP contribution in [-0.4, -0.2) is 30.1 Å². The fourth-order valence-electron chi connectivity index (χ4n) is 2.71. The molecule has 2 N–H and O–H groups in total. The lowest BCUT2D eigenvalue weighted by Gasteiger charge is -2.22. The quantitative estimate of drug-likeness (QED) is 0.864. The van der Waals surface area contributed by atoms with Gasteiger partial charge in [0.15, 0.2) is 0 Å². The van der Waals surface area contributed by atoms with Gasteiger partial charge in [0.1, 0.15) is 5.69 Å². The molecule has 1 amide bonds. The molecule has 0 radical (unpaired) electrons. The molecule has 0 aromatic carbocycles. The van der Waals surface area contributed by atoms with Crippen LogP contribution in [0.25, 0.3) is 0 Å². The van der Waals surface area contributed by atoms with Crippen molar-refractivity contribution in [3.63, 3.8) is 0 Å². The molecule has 0 saturated carbocycles. The van der Waals surface area contributed by atoms with Gasteiger partial charge in [-0.15, -0.1) is 0 Å². The van der Waals surface area contributed by atoms with Crippen molar-refractivity contribution >= 4 is 21.8 Å². The predicted octanol–water partition coefficient (Wildman–Crippen LogP) is 2.95. The summed E-state index contributed by atoms with van der Waals surface area (Å²) in [4.78, 5) is 12.3. The van der Waals surface area contributed by atoms with E-state index in [1.54, 1.807) is 0 Å². The van der Waals surface area contributed by atoms with Crippen molar-refractivity contribution in [3.8, 4) is 0 Å². The minimum Gasteiger partial charge on any atom is -0.351 e. The lowest BCUT2D eigenvalue weighted by atomic mass is 9.96. The largest absolute Gasteiger partial charge is 0.351 e. The summed E-state index contributed by atoms with van der Waals surface area (Å²) < 4.78 is 2.95. The smallest absolute Gasteiger partial charge is 0.267 e. The molecular formula is C15H24BrN3O. The number of halogens is 1. The van der Waals surface area contributed by atoms with Crippen LogP contribution in [-0.2, 0) is 0 Å². The number of rotatable bonds is 5. The molecule has 1 fully saturated rings. The molecule has 1 atom stereocenters. The summed E-state index contributed by atoms with van der Waals surface area (Å²) in [6, 6.07) is 2.17. The molecule has 1 aliphatic heterocycles. The van der Waals surface area contributed by atoms with Gasteiger partial charge in [-0.2, -0.15) is 0 Å². The van der Waals surface area contributed by atoms with Crippen molar-refractivity contribution in [3.05, 3.63) is 22.4 Å². The number of hydrogen-bond acceptors (Lipinski definition) is 2. The van der Waals surface area contributed by atoms with Crippen LogP contribution in [0.2, 0.25) is 0 Å². The van der Waals surface area contributed by atoms with Gasteiger partial charge in [-0.1, -0.05) is 0 Å². The normalized spacial score (nSPS) is 19.3. The first-order valence-electron chi connectivity index (χ1n) is 7.44. The minimum absolute atomic E-state index is 0.0215. The minimum atomic E-state index is 0.0215. The molecule has 1 aromatic rings. The lowest BCUT2D eigenvalue weighted by molar-refractivity contribution is 0.0940. The summed E-state index contributed by atoms with van der Waals surface area (Å²) in [5.41, 5.74) is 0.730. The predicted molar refractivity (Wildman–Crippen MR) is 85.1 cm³/mol. The summed E-state index contributed by atoms with van der Waals surface area (Å²) in [5.74, 6) is 0.723. The van der Waals surface area contributed by atoms with Gasteiger partial charge in [-0.05, 0) is 74.1 Å². The Balaban J connectivity index is 1.85. The number of aromatic nitrogens is 1. The zero-order valence-electron chi connectivity index (χ0n) is 12.3. The van der Waals surface area contributed by atoms with Crippen molar-refractivity contribution in [1.29, 1.82) is 0 Å². The van der Waals surface area contributed by atoms with Crippen molar-refractivity contribution < 1.29 is 4.79 Å². The maximum atomic E-state index is 12.3. The molecule has 1 aromatic heterocycles. The summed E-state index contributed by atoms with van der Waals surface area (Å²) in [6.45, 7) is 7.14. The van der Waals surface area contributed by atoms with Gasteiger partial charge >= 0.3 is 0 Å². The molecule has 1 unspecified atom stereocenters. The van der Waals surface area contributed by atoms with Crippen molar-refractivity contribution in [2.75, 3.05) is 19.6 Å². The Morgan fingerprint density at radius 3 is 3.05 bits per heavy atom. The average Bonchev–Trinajstić information content (AvgIpc) is 2.82. The number of piperidine rings is 1. The van der Waals surface area contributed by atoms with E-state index in [0.29, 0.717) is 5.92 Å². The average molecular weight is 342 g/mol. The number of carbonyl (C=O) groups excluding carboxylic acids is 1. The third-order valence-electron chi connectivity index (χ3n) is 3.84. The SMILES string of the molecule is CC(C)n1cc(Br)cc1C(=O)NCCC1CCCNC1. The van der Waals surface area contributed by atoms with Crippen LogP contribution in [0.3, 0.4) is 0 Å². The molecule has 112 valence electrons. The van der Waals surface area contributed by atoms with Crippen molar-refractivity contribution in [1.82, 2.24) is 15.2 Å². The molecule has 0 aliphatic carbocycles. The van der Waals surface area contributed by atoms with E-state index in [9.17, 15) is 4.79 Å². The molecule has 4 nitrogen and oxygen atoms in total. The highest BCUT2D eigenvalue weighted by Gasteiger charge is 2.16. The molecular weight excluding hydrogens is 318 g/mol. The van der Waals surface area contributed by atoms with Crippen LogP contribution in [0.1, 0.15) is 49.6 Å². The standard InChI is InChI=1S/C15H24BrN3O/c1-11(2)19-10-13(16)8-14(19)15(20)18-7-5-12-4-3-6-17-9-12/h8,10-12,17H,3-7,9H2,1-2H3,(H,18,20). The van der Waals surface area contributed by atoms with Crippen LogP contribution >= 0.6 is 15.9 Å². The highest BCUT2D eigenvalue weighted by Crippen LogP contribution is 2.19. The second kappa shape index (κ2) is 7.27. The number of nitrogens with one attached hydrogen (secondary N) is 2. The summed E-state index contributed by atoms with van der Waals surface area (Å²) in [7, 11) is 0. The molecule has 0 bridgehead atoms. The van der Waals surface area contributed by atoms with E-state index in [1.807, 2.05) is 16.8 Å². The summed E-state index contributed by atoms with van der Waals surface area (Å²) in [6.07, 6.45) is 5.55. The van der Waals surface area contributed by atoms with Crippen LogP contribution in [0.15, 0.2) is 16.7 Å². The van der Waals surface area contributed by atoms with Crippen LogP contribution in [0.5, 0.6) is 0 Å². The van der Waals surface area contributed by atoms with Crippen LogP contribution in [0, 0.1) is 5.92 Å². The number of carbonyl (C=O) groups is 1. The Kier molecular flexibility index (Phi) is 5.66. The van der Waals surface area contributed by atoms with E-state index in [1.165, 1.54) is 12.8 Å². The molecule has 5 heteroatoms. The summed E-state index contributed by atoms with van der Waals surface area (Å²) in [5, 5.41) is 6.46. The molecule has 1 aliphatic rings. The Morgan fingerprint density at radius 2 is 2.40 bits per heavy atom. The third-order valence-corrected chi connectivity index (χ3v) is 4.27. The van der Waals surface area contributed by atoms with E-state index in [0.717, 1.165) is 36.2 Å². The molecule has 0 spiro atoms. The van der Waals surface area contributed by atoms with E-state index < -0.39 is 0 Å². The van der Waals surface area contributed by atoms with Gasteiger partial charge in [-0.25, -0.2) is 0 Å². The van der Waals surface area contributed by atoms with E-state index in [4.69, 9.17) is 0 Å². The van der Waals surface area contributed by atoms with Crippen molar-refractivity contribution in [2.24, 2.45) is 5.92 Å². The zero-order chi connectivity index (χ0) is 14.5. The molecule has 2 rings (SSSR count). The fourth-order valence-corrected chi connectivity index (χ4v) is 3.14. The van der Waals surface area contributed by atoms with E-state index >= 15 is 0 Å². The van der Waals surface area contributed by atoms with Crippen LogP contribution < -0.4 is 10.6 Å². The first kappa shape index (κ1) is 15.6. The number of amides is 1. The van der Waals surface area contributed by atoms with Crippen molar-refractivity contribution in [2.45, 2.75) is 39.2 Å². The number of hydrogen-bond donors (Lipinski definition) is 2. The monoisotopic (exact) mass is 341 g/mol. The Morgan fingerprint density at radius 1 is 1.60 bits per heavy atom. The first-order chi connectivity index (χ1) is 9.58. The number of nitrogens with zero attached hydrogens (tertiary/aromatic N) is 1. The van der Waals surface area contributed by atoms with Gasteiger partial charge in [0, 0.05) is 23.3 Å². The molecule has 2 heterocycles. The van der Waals surface area contributed by atoms with Gasteiger partial charge < -0.3 is 15.2 Å². The second-order valence-corrected chi connectivity index (χ2v) is 6.72. The highest BCUT2D eigenvalue weighted by molar-refractivity contribution is 9.10. The maximum absolute atomic E-state index is 12.3. The van der Waals surface area contributed by atoms with Gasteiger partial charge in [0.05, 0.1) is 0 Å².